The summed E-state index contributed by atoms with van der Waals surface area (Å²) in [6.07, 6.45) is 0.545. The van der Waals surface area contributed by atoms with Gasteiger partial charge in [-0.2, -0.15) is 0 Å². The minimum Gasteiger partial charge on any atom is -0.345 e. The molecule has 0 aliphatic carbocycles. The van der Waals surface area contributed by atoms with E-state index in [-0.39, 0.29) is 23.5 Å². The van der Waals surface area contributed by atoms with Crippen LogP contribution in [0.15, 0.2) is 0 Å². The summed E-state index contributed by atoms with van der Waals surface area (Å²) in [4.78, 5) is 13.3. The van der Waals surface area contributed by atoms with Gasteiger partial charge in [0.1, 0.15) is 9.84 Å². The molecule has 0 saturated heterocycles. The summed E-state index contributed by atoms with van der Waals surface area (Å²) >= 11 is 0. The third kappa shape index (κ3) is 6.63. The summed E-state index contributed by atoms with van der Waals surface area (Å²) in [6, 6.07) is -0.260. The largest absolute Gasteiger partial charge is 0.345 e. The number of carbonyl (C=O) groups is 1. The van der Waals surface area contributed by atoms with Crippen LogP contribution < -0.4 is 5.32 Å². The van der Waals surface area contributed by atoms with Crippen molar-refractivity contribution >= 4 is 15.7 Å². The Bertz CT molecular complexity index is 328. The predicted molar refractivity (Wildman–Crippen MR) is 69.7 cm³/mol. The SMILES string of the molecule is CCN(C)C(=O)C(C)NCCCS(=O)(=O)CC. The fourth-order valence-corrected chi connectivity index (χ4v) is 2.20. The zero-order valence-electron chi connectivity index (χ0n) is 11.2. The summed E-state index contributed by atoms with van der Waals surface area (Å²) in [7, 11) is -1.14. The molecule has 1 unspecified atom stereocenters. The molecule has 0 aromatic heterocycles. The van der Waals surface area contributed by atoms with Gasteiger partial charge in [0.25, 0.3) is 0 Å². The first kappa shape index (κ1) is 16.4. The van der Waals surface area contributed by atoms with E-state index >= 15 is 0 Å². The minimum atomic E-state index is -2.89. The molecule has 0 heterocycles. The normalized spacial score (nSPS) is 13.4. The molecule has 0 bridgehead atoms. The maximum atomic E-state index is 11.7. The Labute approximate surface area is 104 Å². The molecule has 6 heteroatoms. The monoisotopic (exact) mass is 264 g/mol. The second-order valence-electron chi connectivity index (χ2n) is 4.12. The maximum Gasteiger partial charge on any atom is 0.239 e. The first-order chi connectivity index (χ1) is 7.84. The lowest BCUT2D eigenvalue weighted by atomic mass is 10.3. The van der Waals surface area contributed by atoms with E-state index in [4.69, 9.17) is 0 Å². The van der Waals surface area contributed by atoms with E-state index in [9.17, 15) is 13.2 Å². The zero-order chi connectivity index (χ0) is 13.5. The van der Waals surface area contributed by atoms with E-state index < -0.39 is 9.84 Å². The van der Waals surface area contributed by atoms with Gasteiger partial charge in [0.15, 0.2) is 0 Å². The maximum absolute atomic E-state index is 11.7. The number of amides is 1. The van der Waals surface area contributed by atoms with Crippen LogP contribution in [-0.2, 0) is 14.6 Å². The van der Waals surface area contributed by atoms with E-state index in [1.54, 1.807) is 25.8 Å². The van der Waals surface area contributed by atoms with Gasteiger partial charge in [-0.1, -0.05) is 6.92 Å². The van der Waals surface area contributed by atoms with Crippen LogP contribution >= 0.6 is 0 Å². The van der Waals surface area contributed by atoms with Crippen LogP contribution in [0.25, 0.3) is 0 Å². The molecule has 17 heavy (non-hydrogen) atoms. The van der Waals surface area contributed by atoms with Gasteiger partial charge in [-0.3, -0.25) is 4.79 Å². The molecule has 0 radical (unpaired) electrons. The number of hydrogen-bond acceptors (Lipinski definition) is 4. The van der Waals surface area contributed by atoms with Gasteiger partial charge in [0.2, 0.25) is 5.91 Å². The summed E-state index contributed by atoms with van der Waals surface area (Å²) < 4.78 is 22.5. The first-order valence-electron chi connectivity index (χ1n) is 6.02. The second-order valence-corrected chi connectivity index (χ2v) is 6.59. The van der Waals surface area contributed by atoms with Crippen LogP contribution in [0.1, 0.15) is 27.2 Å². The quantitative estimate of drug-likeness (QED) is 0.639. The standard InChI is InChI=1S/C11H24N2O3S/c1-5-13(4)11(14)10(3)12-8-7-9-17(15,16)6-2/h10,12H,5-9H2,1-4H3. The molecule has 0 aromatic carbocycles. The van der Waals surface area contributed by atoms with Crippen molar-refractivity contribution in [3.63, 3.8) is 0 Å². The fraction of sp³-hybridized carbons (Fsp3) is 0.909. The molecule has 1 N–H and O–H groups in total. The van der Waals surface area contributed by atoms with Gasteiger partial charge in [0, 0.05) is 19.3 Å². The first-order valence-corrected chi connectivity index (χ1v) is 7.85. The average Bonchev–Trinajstić information content (AvgIpc) is 2.32. The molecular weight excluding hydrogens is 240 g/mol. The lowest BCUT2D eigenvalue weighted by molar-refractivity contribution is -0.131. The summed E-state index contributed by atoms with van der Waals surface area (Å²) in [5.74, 6) is 0.395. The van der Waals surface area contributed by atoms with Gasteiger partial charge < -0.3 is 10.2 Å². The number of hydrogen-bond donors (Lipinski definition) is 1. The molecule has 0 aliphatic rings. The van der Waals surface area contributed by atoms with E-state index in [1.165, 1.54) is 0 Å². The van der Waals surface area contributed by atoms with Crippen molar-refractivity contribution in [1.82, 2.24) is 10.2 Å². The van der Waals surface area contributed by atoms with Crippen molar-refractivity contribution in [3.8, 4) is 0 Å². The number of rotatable bonds is 8. The van der Waals surface area contributed by atoms with Crippen molar-refractivity contribution in [2.45, 2.75) is 33.2 Å². The van der Waals surface area contributed by atoms with E-state index in [2.05, 4.69) is 5.32 Å². The number of sulfone groups is 1. The predicted octanol–water partition coefficient (Wildman–Crippen LogP) is 0.268. The molecule has 5 nitrogen and oxygen atoms in total. The highest BCUT2D eigenvalue weighted by Crippen LogP contribution is 1.95. The Kier molecular flexibility index (Phi) is 7.38. The van der Waals surface area contributed by atoms with Crippen molar-refractivity contribution in [2.24, 2.45) is 0 Å². The Morgan fingerprint density at radius 3 is 2.41 bits per heavy atom. The molecular formula is C11H24N2O3S. The summed E-state index contributed by atoms with van der Waals surface area (Å²) in [5, 5.41) is 3.04. The highest BCUT2D eigenvalue weighted by Gasteiger charge is 2.15. The Balaban J connectivity index is 3.87. The van der Waals surface area contributed by atoms with Crippen LogP contribution in [0.2, 0.25) is 0 Å². The Morgan fingerprint density at radius 1 is 1.35 bits per heavy atom. The third-order valence-corrected chi connectivity index (χ3v) is 4.53. The third-order valence-electron chi connectivity index (χ3n) is 2.74. The number of nitrogens with one attached hydrogen (secondary N) is 1. The highest BCUT2D eigenvalue weighted by molar-refractivity contribution is 7.91. The Hall–Kier alpha value is -0.620. The van der Waals surface area contributed by atoms with Crippen LogP contribution in [0.4, 0.5) is 0 Å². The van der Waals surface area contributed by atoms with Crippen molar-refractivity contribution < 1.29 is 13.2 Å². The molecule has 1 amide bonds. The van der Waals surface area contributed by atoms with Gasteiger partial charge in [0.05, 0.1) is 11.8 Å². The van der Waals surface area contributed by atoms with Crippen molar-refractivity contribution in [2.75, 3.05) is 31.6 Å². The Morgan fingerprint density at radius 2 is 1.94 bits per heavy atom. The number of likely N-dealkylation sites (N-methyl/N-ethyl adjacent to an activating group) is 1. The van der Waals surface area contributed by atoms with Gasteiger partial charge in [-0.15, -0.1) is 0 Å². The molecule has 0 rings (SSSR count). The van der Waals surface area contributed by atoms with Crippen LogP contribution in [0.3, 0.4) is 0 Å². The second kappa shape index (κ2) is 7.66. The van der Waals surface area contributed by atoms with Crippen LogP contribution in [0, 0.1) is 0 Å². The van der Waals surface area contributed by atoms with Gasteiger partial charge >= 0.3 is 0 Å². The molecule has 1 atom stereocenters. The lowest BCUT2D eigenvalue weighted by Gasteiger charge is -2.20. The molecule has 0 spiro atoms. The van der Waals surface area contributed by atoms with Gasteiger partial charge in [-0.05, 0) is 26.8 Å². The number of carbonyl (C=O) groups excluding carboxylic acids is 1. The smallest absolute Gasteiger partial charge is 0.239 e. The van der Waals surface area contributed by atoms with Crippen LogP contribution in [-0.4, -0.2) is 56.9 Å². The molecule has 0 fully saturated rings. The average molecular weight is 264 g/mol. The highest BCUT2D eigenvalue weighted by atomic mass is 32.2. The van der Waals surface area contributed by atoms with Crippen molar-refractivity contribution in [3.05, 3.63) is 0 Å². The van der Waals surface area contributed by atoms with E-state index in [1.807, 2.05) is 6.92 Å². The van der Waals surface area contributed by atoms with Crippen LogP contribution in [0.5, 0.6) is 0 Å². The van der Waals surface area contributed by atoms with Gasteiger partial charge in [-0.25, -0.2) is 8.42 Å². The zero-order valence-corrected chi connectivity index (χ0v) is 12.0. The molecule has 0 saturated carbocycles. The molecule has 102 valence electrons. The fourth-order valence-electron chi connectivity index (χ4n) is 1.33. The molecule has 0 aromatic rings. The summed E-state index contributed by atoms with van der Waals surface area (Å²) in [6.45, 7) is 6.57. The van der Waals surface area contributed by atoms with E-state index in [0.717, 1.165) is 0 Å². The minimum absolute atomic E-state index is 0.0332. The van der Waals surface area contributed by atoms with E-state index in [0.29, 0.717) is 19.5 Å². The molecule has 0 aliphatic heterocycles. The summed E-state index contributed by atoms with van der Waals surface area (Å²) in [5.41, 5.74) is 0. The number of nitrogens with zero attached hydrogens (tertiary/aromatic N) is 1. The lowest BCUT2D eigenvalue weighted by Crippen LogP contribution is -2.43. The topological polar surface area (TPSA) is 66.5 Å². The van der Waals surface area contributed by atoms with Crippen molar-refractivity contribution in [1.29, 1.82) is 0 Å².